The first-order valence-electron chi connectivity index (χ1n) is 6.73. The number of aromatic nitrogens is 1. The lowest BCUT2D eigenvalue weighted by atomic mass is 10.0. The van der Waals surface area contributed by atoms with Crippen molar-refractivity contribution in [2.75, 3.05) is 24.5 Å². The summed E-state index contributed by atoms with van der Waals surface area (Å²) in [5, 5.41) is 0. The number of nitrogens with two attached hydrogens (primary N) is 1. The first-order chi connectivity index (χ1) is 8.33. The molecule has 3 heteroatoms. The molecule has 1 aromatic rings. The second-order valence-electron chi connectivity index (χ2n) is 4.95. The fourth-order valence-electron chi connectivity index (χ4n) is 2.60. The van der Waals surface area contributed by atoms with Crippen molar-refractivity contribution in [1.29, 1.82) is 0 Å². The molecule has 17 heavy (non-hydrogen) atoms. The summed E-state index contributed by atoms with van der Waals surface area (Å²) < 4.78 is 0. The molecule has 2 rings (SSSR count). The van der Waals surface area contributed by atoms with Crippen LogP contribution >= 0.6 is 0 Å². The van der Waals surface area contributed by atoms with Crippen molar-refractivity contribution in [2.45, 2.75) is 32.6 Å². The number of rotatable bonds is 5. The normalized spacial score (nSPS) is 19.9. The van der Waals surface area contributed by atoms with Gasteiger partial charge in [0.15, 0.2) is 0 Å². The molecule has 1 fully saturated rings. The summed E-state index contributed by atoms with van der Waals surface area (Å²) in [4.78, 5) is 6.95. The van der Waals surface area contributed by atoms with Gasteiger partial charge in [-0.1, -0.05) is 19.4 Å². The standard InChI is InChI=1S/C14H23N3/c1-2-3-13-7-9-17(11-13)14-5-4-12(6-8-15)10-16-14/h4-5,10,13H,2-3,6-9,11,15H2,1H3. The average molecular weight is 233 g/mol. The Hall–Kier alpha value is -1.09. The third-order valence-corrected chi connectivity index (χ3v) is 3.55. The summed E-state index contributed by atoms with van der Waals surface area (Å²) in [5.41, 5.74) is 6.77. The van der Waals surface area contributed by atoms with Gasteiger partial charge in [0.25, 0.3) is 0 Å². The number of hydrogen-bond donors (Lipinski definition) is 1. The fraction of sp³-hybridized carbons (Fsp3) is 0.643. The van der Waals surface area contributed by atoms with Crippen LogP contribution in [0.1, 0.15) is 31.7 Å². The highest BCUT2D eigenvalue weighted by atomic mass is 15.2. The quantitative estimate of drug-likeness (QED) is 0.848. The van der Waals surface area contributed by atoms with Gasteiger partial charge in [-0.3, -0.25) is 0 Å². The molecule has 2 heterocycles. The first kappa shape index (κ1) is 12.4. The Bertz CT molecular complexity index is 334. The van der Waals surface area contributed by atoms with E-state index in [0.717, 1.165) is 24.7 Å². The Labute approximate surface area is 104 Å². The maximum absolute atomic E-state index is 5.53. The van der Waals surface area contributed by atoms with Crippen molar-refractivity contribution in [3.63, 3.8) is 0 Å². The molecule has 0 bridgehead atoms. The maximum atomic E-state index is 5.53. The molecule has 2 N–H and O–H groups in total. The minimum absolute atomic E-state index is 0.698. The van der Waals surface area contributed by atoms with Crippen LogP contribution in [0.25, 0.3) is 0 Å². The van der Waals surface area contributed by atoms with Gasteiger partial charge in [0.1, 0.15) is 5.82 Å². The van der Waals surface area contributed by atoms with Gasteiger partial charge in [0.05, 0.1) is 0 Å². The molecule has 1 unspecified atom stereocenters. The summed E-state index contributed by atoms with van der Waals surface area (Å²) in [5.74, 6) is 2.00. The number of nitrogens with zero attached hydrogens (tertiary/aromatic N) is 2. The minimum Gasteiger partial charge on any atom is -0.356 e. The molecular weight excluding hydrogens is 210 g/mol. The second-order valence-corrected chi connectivity index (χ2v) is 4.95. The summed E-state index contributed by atoms with van der Waals surface area (Å²) in [7, 11) is 0. The Morgan fingerprint density at radius 2 is 2.35 bits per heavy atom. The van der Waals surface area contributed by atoms with Crippen LogP contribution in [0.3, 0.4) is 0 Å². The Morgan fingerprint density at radius 1 is 1.47 bits per heavy atom. The van der Waals surface area contributed by atoms with E-state index in [2.05, 4.69) is 28.9 Å². The van der Waals surface area contributed by atoms with Gasteiger partial charge in [-0.15, -0.1) is 0 Å². The van der Waals surface area contributed by atoms with Gasteiger partial charge in [-0.05, 0) is 43.4 Å². The highest BCUT2D eigenvalue weighted by Crippen LogP contribution is 2.25. The highest BCUT2D eigenvalue weighted by Gasteiger charge is 2.22. The van der Waals surface area contributed by atoms with E-state index >= 15 is 0 Å². The van der Waals surface area contributed by atoms with Crippen molar-refractivity contribution in [3.05, 3.63) is 23.9 Å². The molecule has 0 radical (unpaired) electrons. The van der Waals surface area contributed by atoms with Gasteiger partial charge in [-0.2, -0.15) is 0 Å². The second kappa shape index (κ2) is 6.01. The zero-order valence-electron chi connectivity index (χ0n) is 10.7. The predicted molar refractivity (Wildman–Crippen MR) is 72.2 cm³/mol. The SMILES string of the molecule is CCCC1CCN(c2ccc(CCN)cn2)C1. The lowest BCUT2D eigenvalue weighted by Gasteiger charge is -2.17. The molecule has 1 aliphatic rings. The van der Waals surface area contributed by atoms with Crippen LogP contribution in [-0.4, -0.2) is 24.6 Å². The fourth-order valence-corrected chi connectivity index (χ4v) is 2.60. The molecule has 0 aromatic carbocycles. The van der Waals surface area contributed by atoms with E-state index < -0.39 is 0 Å². The first-order valence-corrected chi connectivity index (χ1v) is 6.73. The summed E-state index contributed by atoms with van der Waals surface area (Å²) in [6, 6.07) is 4.29. The number of pyridine rings is 1. The number of anilines is 1. The third-order valence-electron chi connectivity index (χ3n) is 3.55. The molecule has 0 amide bonds. The molecule has 94 valence electrons. The van der Waals surface area contributed by atoms with Crippen LogP contribution in [0.5, 0.6) is 0 Å². The largest absolute Gasteiger partial charge is 0.356 e. The van der Waals surface area contributed by atoms with E-state index in [4.69, 9.17) is 5.73 Å². The van der Waals surface area contributed by atoms with Gasteiger partial charge in [0, 0.05) is 19.3 Å². The molecule has 1 aromatic heterocycles. The van der Waals surface area contributed by atoms with Gasteiger partial charge >= 0.3 is 0 Å². The van der Waals surface area contributed by atoms with Crippen molar-refractivity contribution >= 4 is 5.82 Å². The Balaban J connectivity index is 1.94. The van der Waals surface area contributed by atoms with Crippen molar-refractivity contribution in [3.8, 4) is 0 Å². The van der Waals surface area contributed by atoms with Crippen molar-refractivity contribution in [1.82, 2.24) is 4.98 Å². The lowest BCUT2D eigenvalue weighted by molar-refractivity contribution is 0.529. The molecule has 1 aliphatic heterocycles. The predicted octanol–water partition coefficient (Wildman–Crippen LogP) is 2.21. The Kier molecular flexibility index (Phi) is 4.37. The van der Waals surface area contributed by atoms with Crippen molar-refractivity contribution in [2.24, 2.45) is 11.7 Å². The molecule has 1 atom stereocenters. The average Bonchev–Trinajstić information content (AvgIpc) is 2.80. The van der Waals surface area contributed by atoms with Crippen LogP contribution in [0.4, 0.5) is 5.82 Å². The van der Waals surface area contributed by atoms with E-state index in [9.17, 15) is 0 Å². The number of hydrogen-bond acceptors (Lipinski definition) is 3. The van der Waals surface area contributed by atoms with E-state index in [0.29, 0.717) is 6.54 Å². The molecule has 0 spiro atoms. The van der Waals surface area contributed by atoms with Gasteiger partial charge < -0.3 is 10.6 Å². The smallest absolute Gasteiger partial charge is 0.128 e. The van der Waals surface area contributed by atoms with Crippen LogP contribution < -0.4 is 10.6 Å². The molecule has 0 saturated carbocycles. The molecule has 3 nitrogen and oxygen atoms in total. The monoisotopic (exact) mass is 233 g/mol. The summed E-state index contributed by atoms with van der Waals surface area (Å²) >= 11 is 0. The molecule has 0 aliphatic carbocycles. The van der Waals surface area contributed by atoms with Crippen molar-refractivity contribution < 1.29 is 0 Å². The lowest BCUT2D eigenvalue weighted by Crippen LogP contribution is -2.20. The highest BCUT2D eigenvalue weighted by molar-refractivity contribution is 5.40. The van der Waals surface area contributed by atoms with E-state index in [1.807, 2.05) is 6.20 Å². The Morgan fingerprint density at radius 3 is 3.00 bits per heavy atom. The van der Waals surface area contributed by atoms with E-state index in [-0.39, 0.29) is 0 Å². The zero-order valence-corrected chi connectivity index (χ0v) is 10.7. The van der Waals surface area contributed by atoms with E-state index in [1.54, 1.807) is 0 Å². The summed E-state index contributed by atoms with van der Waals surface area (Å²) in [6.45, 7) is 5.30. The van der Waals surface area contributed by atoms with Gasteiger partial charge in [0.2, 0.25) is 0 Å². The zero-order chi connectivity index (χ0) is 12.1. The van der Waals surface area contributed by atoms with Crippen LogP contribution in [-0.2, 0) is 6.42 Å². The van der Waals surface area contributed by atoms with Crippen LogP contribution in [0.15, 0.2) is 18.3 Å². The van der Waals surface area contributed by atoms with Crippen LogP contribution in [0.2, 0.25) is 0 Å². The third kappa shape index (κ3) is 3.19. The molecular formula is C14H23N3. The topological polar surface area (TPSA) is 42.1 Å². The molecule has 1 saturated heterocycles. The minimum atomic E-state index is 0.698. The maximum Gasteiger partial charge on any atom is 0.128 e. The van der Waals surface area contributed by atoms with Crippen LogP contribution in [0, 0.1) is 5.92 Å². The summed E-state index contributed by atoms with van der Waals surface area (Å²) in [6.07, 6.45) is 6.85. The van der Waals surface area contributed by atoms with Gasteiger partial charge in [-0.25, -0.2) is 4.98 Å². The van der Waals surface area contributed by atoms with E-state index in [1.165, 1.54) is 31.4 Å².